The van der Waals surface area contributed by atoms with E-state index in [9.17, 15) is 0 Å². The normalized spacial score (nSPS) is 11.8. The van der Waals surface area contributed by atoms with E-state index in [1.54, 1.807) is 0 Å². The van der Waals surface area contributed by atoms with Gasteiger partial charge < -0.3 is 0 Å². The number of pyridine rings is 4. The second kappa shape index (κ2) is 8.88. The van der Waals surface area contributed by atoms with Gasteiger partial charge in [0.15, 0.2) is 0 Å². The fraction of sp³-hybridized carbons (Fsp3) is 0. The van der Waals surface area contributed by atoms with Gasteiger partial charge in [-0.1, -0.05) is 97.1 Å². The molecule has 0 saturated heterocycles. The minimum absolute atomic E-state index is 0.915. The number of hydrogen-bond acceptors (Lipinski definition) is 4. The van der Waals surface area contributed by atoms with Crippen molar-refractivity contribution in [2.75, 3.05) is 0 Å². The summed E-state index contributed by atoms with van der Waals surface area (Å²) in [5.41, 5.74) is 7.77. The average Bonchev–Trinajstić information content (AvgIpc) is 3.06. The molecule has 4 nitrogen and oxygen atoms in total. The largest absolute Gasteiger partial charge is 0.254 e. The van der Waals surface area contributed by atoms with Crippen LogP contribution in [0.15, 0.2) is 134 Å². The Morgan fingerprint density at radius 2 is 0.667 bits per heavy atom. The summed E-state index contributed by atoms with van der Waals surface area (Å²) in [5, 5.41) is 8.91. The minimum atomic E-state index is 0.915. The second-order valence-electron chi connectivity index (χ2n) is 10.7. The van der Waals surface area contributed by atoms with Crippen LogP contribution in [0.1, 0.15) is 0 Å². The molecule has 9 rings (SSSR count). The summed E-state index contributed by atoms with van der Waals surface area (Å²) < 4.78 is 0. The van der Waals surface area contributed by atoms with Crippen LogP contribution in [0.2, 0.25) is 0 Å². The lowest BCUT2D eigenvalue weighted by Crippen LogP contribution is -1.95. The fourth-order valence-electron chi connectivity index (χ4n) is 6.41. The van der Waals surface area contributed by atoms with Gasteiger partial charge in [0.1, 0.15) is 0 Å². The highest BCUT2D eigenvalue weighted by Crippen LogP contribution is 2.43. The number of benzene rings is 5. The third kappa shape index (κ3) is 3.36. The first-order valence-electron chi connectivity index (χ1n) is 14.1. The predicted molar refractivity (Wildman–Crippen MR) is 174 cm³/mol. The molecule has 0 aliphatic carbocycles. The SMILES string of the molecule is c1cnc2c(c1)ccc1ccc(-c3c4ccccc4c(-c4ccc5ccc6cccnc6c5n4)c4ccccc34)nc12. The molecule has 9 aromatic rings. The van der Waals surface area contributed by atoms with E-state index >= 15 is 0 Å². The molecule has 0 aliphatic rings. The van der Waals surface area contributed by atoms with Gasteiger partial charge >= 0.3 is 0 Å². The first-order chi connectivity index (χ1) is 20.8. The minimum Gasteiger partial charge on any atom is -0.254 e. The van der Waals surface area contributed by atoms with Gasteiger partial charge in [0.25, 0.3) is 0 Å². The van der Waals surface area contributed by atoms with E-state index in [1.165, 1.54) is 0 Å². The van der Waals surface area contributed by atoms with Crippen LogP contribution in [-0.2, 0) is 0 Å². The highest BCUT2D eigenvalue weighted by atomic mass is 14.8. The molecule has 0 bridgehead atoms. The van der Waals surface area contributed by atoms with Crippen LogP contribution < -0.4 is 0 Å². The average molecular weight is 535 g/mol. The van der Waals surface area contributed by atoms with Crippen LogP contribution in [0, 0.1) is 0 Å². The van der Waals surface area contributed by atoms with Gasteiger partial charge in [-0.15, -0.1) is 0 Å². The van der Waals surface area contributed by atoms with Gasteiger partial charge in [0.2, 0.25) is 0 Å². The lowest BCUT2D eigenvalue weighted by molar-refractivity contribution is 1.37. The number of nitrogens with zero attached hydrogens (tertiary/aromatic N) is 4. The van der Waals surface area contributed by atoms with Crippen molar-refractivity contribution in [2.24, 2.45) is 0 Å². The fourth-order valence-corrected chi connectivity index (χ4v) is 6.41. The van der Waals surface area contributed by atoms with Gasteiger partial charge in [0.05, 0.1) is 33.5 Å². The first-order valence-corrected chi connectivity index (χ1v) is 14.1. The van der Waals surface area contributed by atoms with E-state index in [2.05, 4.69) is 109 Å². The smallest absolute Gasteiger partial charge is 0.0972 e. The summed E-state index contributed by atoms with van der Waals surface area (Å²) in [4.78, 5) is 19.9. The van der Waals surface area contributed by atoms with Crippen molar-refractivity contribution in [1.82, 2.24) is 19.9 Å². The quantitative estimate of drug-likeness (QED) is 0.164. The Bertz CT molecular complexity index is 2300. The van der Waals surface area contributed by atoms with Gasteiger partial charge in [-0.25, -0.2) is 9.97 Å². The van der Waals surface area contributed by atoms with E-state index in [0.717, 1.165) is 87.7 Å². The Balaban J connectivity index is 1.38. The molecule has 0 fully saturated rings. The maximum atomic E-state index is 5.26. The van der Waals surface area contributed by atoms with Crippen LogP contribution in [-0.4, -0.2) is 19.9 Å². The zero-order chi connectivity index (χ0) is 27.6. The Hall–Kier alpha value is -5.74. The number of fused-ring (bicyclic) bond motifs is 8. The van der Waals surface area contributed by atoms with E-state index in [0.29, 0.717) is 0 Å². The Morgan fingerprint density at radius 1 is 0.310 bits per heavy atom. The van der Waals surface area contributed by atoms with Gasteiger partial charge in [-0.2, -0.15) is 0 Å². The first kappa shape index (κ1) is 23.0. The summed E-state index contributed by atoms with van der Waals surface area (Å²) in [5.74, 6) is 0. The standard InChI is InChI=1S/C38H22N4/c1-2-10-28-27(9-1)33(31-19-17-25-15-13-23-7-5-21-39-35(23)37(25)41-31)29-11-3-4-12-30(29)34(28)32-20-18-26-16-14-24-8-6-22-40-36(24)38(26)42-32/h1-22H. The molecule has 4 heterocycles. The zero-order valence-electron chi connectivity index (χ0n) is 22.5. The van der Waals surface area contributed by atoms with Gasteiger partial charge in [0, 0.05) is 45.1 Å². The third-order valence-corrected chi connectivity index (χ3v) is 8.31. The Morgan fingerprint density at radius 3 is 1.07 bits per heavy atom. The highest BCUT2D eigenvalue weighted by Gasteiger charge is 2.19. The van der Waals surface area contributed by atoms with Crippen LogP contribution >= 0.6 is 0 Å². The molecule has 5 aromatic carbocycles. The molecule has 0 N–H and O–H groups in total. The van der Waals surface area contributed by atoms with E-state index in [1.807, 2.05) is 24.5 Å². The molecule has 0 atom stereocenters. The number of hydrogen-bond donors (Lipinski definition) is 0. The molecule has 4 aromatic heterocycles. The van der Waals surface area contributed by atoms with E-state index in [4.69, 9.17) is 19.9 Å². The van der Waals surface area contributed by atoms with Crippen molar-refractivity contribution in [3.8, 4) is 22.5 Å². The van der Waals surface area contributed by atoms with Crippen LogP contribution in [0.3, 0.4) is 0 Å². The van der Waals surface area contributed by atoms with E-state index < -0.39 is 0 Å². The summed E-state index contributed by atoms with van der Waals surface area (Å²) in [6.45, 7) is 0. The van der Waals surface area contributed by atoms with Crippen LogP contribution in [0.25, 0.3) is 87.7 Å². The third-order valence-electron chi connectivity index (χ3n) is 8.31. The van der Waals surface area contributed by atoms with Crippen LogP contribution in [0.5, 0.6) is 0 Å². The van der Waals surface area contributed by atoms with Crippen molar-refractivity contribution in [2.45, 2.75) is 0 Å². The highest BCUT2D eigenvalue weighted by molar-refractivity contribution is 6.21. The Labute approximate surface area is 241 Å². The maximum absolute atomic E-state index is 5.26. The molecule has 0 saturated carbocycles. The van der Waals surface area contributed by atoms with Gasteiger partial charge in [-0.05, 0) is 45.8 Å². The van der Waals surface area contributed by atoms with Crippen molar-refractivity contribution >= 4 is 65.2 Å². The molecule has 0 amide bonds. The molecule has 4 heteroatoms. The van der Waals surface area contributed by atoms with Crippen molar-refractivity contribution in [3.63, 3.8) is 0 Å². The predicted octanol–water partition coefficient (Wildman–Crippen LogP) is 9.52. The lowest BCUT2D eigenvalue weighted by atomic mass is 9.88. The summed E-state index contributed by atoms with van der Waals surface area (Å²) in [6.07, 6.45) is 3.68. The summed E-state index contributed by atoms with van der Waals surface area (Å²) >= 11 is 0. The molecule has 194 valence electrons. The number of aromatic nitrogens is 4. The Kier molecular flexibility index (Phi) is 4.87. The maximum Gasteiger partial charge on any atom is 0.0972 e. The number of rotatable bonds is 2. The molecular weight excluding hydrogens is 512 g/mol. The van der Waals surface area contributed by atoms with Crippen LogP contribution in [0.4, 0.5) is 0 Å². The molecule has 42 heavy (non-hydrogen) atoms. The second-order valence-corrected chi connectivity index (χ2v) is 10.7. The summed E-state index contributed by atoms with van der Waals surface area (Å²) in [6, 6.07) is 42.4. The van der Waals surface area contributed by atoms with E-state index in [-0.39, 0.29) is 0 Å². The van der Waals surface area contributed by atoms with Crippen molar-refractivity contribution < 1.29 is 0 Å². The molecule has 0 spiro atoms. The monoisotopic (exact) mass is 534 g/mol. The molecule has 0 unspecified atom stereocenters. The lowest BCUT2D eigenvalue weighted by Gasteiger charge is -2.17. The van der Waals surface area contributed by atoms with Crippen molar-refractivity contribution in [1.29, 1.82) is 0 Å². The summed E-state index contributed by atoms with van der Waals surface area (Å²) in [7, 11) is 0. The molecule has 0 radical (unpaired) electrons. The topological polar surface area (TPSA) is 51.6 Å². The molecular formula is C38H22N4. The zero-order valence-corrected chi connectivity index (χ0v) is 22.5. The van der Waals surface area contributed by atoms with Crippen molar-refractivity contribution in [3.05, 3.63) is 134 Å². The molecule has 0 aliphatic heterocycles. The van der Waals surface area contributed by atoms with Gasteiger partial charge in [-0.3, -0.25) is 9.97 Å².